The third-order valence-corrected chi connectivity index (χ3v) is 3.27. The van der Waals surface area contributed by atoms with Gasteiger partial charge in [0.05, 0.1) is 17.8 Å². The highest BCUT2D eigenvalue weighted by Crippen LogP contribution is 2.11. The Hall–Kier alpha value is -2.15. The highest BCUT2D eigenvalue weighted by molar-refractivity contribution is 5.69. The molecule has 0 aliphatic carbocycles. The molecule has 1 fully saturated rings. The van der Waals surface area contributed by atoms with E-state index in [4.69, 9.17) is 9.47 Å². The van der Waals surface area contributed by atoms with Gasteiger partial charge in [0, 0.05) is 12.8 Å². The predicted molar refractivity (Wildman–Crippen MR) is 69.4 cm³/mol. The highest BCUT2D eigenvalue weighted by Gasteiger charge is 2.18. The second kappa shape index (κ2) is 5.46. The van der Waals surface area contributed by atoms with E-state index in [1.165, 1.54) is 10.6 Å². The molecule has 1 aliphatic rings. The number of carbonyl (C=O) groups excluding carboxylic acids is 1. The first-order chi connectivity index (χ1) is 9.74. The quantitative estimate of drug-likeness (QED) is 0.747. The highest BCUT2D eigenvalue weighted by atomic mass is 16.6. The lowest BCUT2D eigenvalue weighted by atomic mass is 10.2. The van der Waals surface area contributed by atoms with Crippen LogP contribution in [0.2, 0.25) is 0 Å². The fourth-order valence-corrected chi connectivity index (χ4v) is 2.21. The van der Waals surface area contributed by atoms with E-state index in [1.807, 2.05) is 0 Å². The summed E-state index contributed by atoms with van der Waals surface area (Å²) in [5.74, 6) is -0.485. The van der Waals surface area contributed by atoms with Gasteiger partial charge in [0.25, 0.3) is 0 Å². The Labute approximate surface area is 114 Å². The zero-order chi connectivity index (χ0) is 13.9. The van der Waals surface area contributed by atoms with E-state index in [9.17, 15) is 9.59 Å². The van der Waals surface area contributed by atoms with Gasteiger partial charge in [-0.15, -0.1) is 0 Å². The first-order valence-electron chi connectivity index (χ1n) is 6.54. The average molecular weight is 277 g/mol. The van der Waals surface area contributed by atoms with Crippen molar-refractivity contribution in [1.82, 2.24) is 14.2 Å². The molecule has 1 saturated heterocycles. The molecule has 7 heteroatoms. The molecule has 2 aromatic rings. The molecule has 7 nitrogen and oxygen atoms in total. The molecule has 0 amide bonds. The Morgan fingerprint density at radius 2 is 2.45 bits per heavy atom. The SMILES string of the molecule is O=C(Cn1ncc2cccn2c1=O)OC[C@@H]1CCCO1. The van der Waals surface area contributed by atoms with Crippen LogP contribution in [-0.4, -0.2) is 39.5 Å². The molecule has 0 unspecified atom stereocenters. The summed E-state index contributed by atoms with van der Waals surface area (Å²) in [6.07, 6.45) is 5.05. The van der Waals surface area contributed by atoms with Crippen molar-refractivity contribution < 1.29 is 14.3 Å². The lowest BCUT2D eigenvalue weighted by Crippen LogP contribution is -2.32. The number of fused-ring (bicyclic) bond motifs is 1. The summed E-state index contributed by atoms with van der Waals surface area (Å²) >= 11 is 0. The molecule has 0 N–H and O–H groups in total. The van der Waals surface area contributed by atoms with E-state index >= 15 is 0 Å². The van der Waals surface area contributed by atoms with Crippen LogP contribution in [0.5, 0.6) is 0 Å². The molecular weight excluding hydrogens is 262 g/mol. The minimum Gasteiger partial charge on any atom is -0.462 e. The van der Waals surface area contributed by atoms with Crippen LogP contribution in [0.25, 0.3) is 5.52 Å². The Kier molecular flexibility index (Phi) is 3.51. The summed E-state index contributed by atoms with van der Waals surface area (Å²) in [5.41, 5.74) is 0.334. The number of hydrogen-bond acceptors (Lipinski definition) is 5. The van der Waals surface area contributed by atoms with Crippen LogP contribution in [0.3, 0.4) is 0 Å². The van der Waals surface area contributed by atoms with Gasteiger partial charge in [0.2, 0.25) is 0 Å². The van der Waals surface area contributed by atoms with Gasteiger partial charge in [-0.05, 0) is 25.0 Å². The van der Waals surface area contributed by atoms with E-state index in [1.54, 1.807) is 18.3 Å². The van der Waals surface area contributed by atoms with Gasteiger partial charge in [-0.1, -0.05) is 0 Å². The minimum atomic E-state index is -0.485. The number of ether oxygens (including phenoxy) is 2. The van der Waals surface area contributed by atoms with Gasteiger partial charge >= 0.3 is 11.7 Å². The normalized spacial score (nSPS) is 18.5. The lowest BCUT2D eigenvalue weighted by Gasteiger charge is -2.10. The summed E-state index contributed by atoms with van der Waals surface area (Å²) in [6.45, 7) is 0.756. The topological polar surface area (TPSA) is 74.8 Å². The molecule has 0 radical (unpaired) electrons. The molecule has 106 valence electrons. The maximum absolute atomic E-state index is 12.0. The molecule has 0 spiro atoms. The van der Waals surface area contributed by atoms with E-state index in [2.05, 4.69) is 5.10 Å². The summed E-state index contributed by atoms with van der Waals surface area (Å²) in [5, 5.41) is 3.95. The Morgan fingerprint density at radius 1 is 1.55 bits per heavy atom. The third kappa shape index (κ3) is 2.57. The zero-order valence-corrected chi connectivity index (χ0v) is 10.9. The first-order valence-corrected chi connectivity index (χ1v) is 6.54. The number of aromatic nitrogens is 3. The Balaban J connectivity index is 1.64. The molecule has 3 heterocycles. The second-order valence-electron chi connectivity index (χ2n) is 4.71. The van der Waals surface area contributed by atoms with Crippen LogP contribution >= 0.6 is 0 Å². The van der Waals surface area contributed by atoms with Crippen molar-refractivity contribution in [2.24, 2.45) is 0 Å². The smallest absolute Gasteiger partial charge is 0.349 e. The van der Waals surface area contributed by atoms with E-state index in [0.29, 0.717) is 12.1 Å². The standard InChI is InChI=1S/C13H15N3O4/c17-12(20-9-11-4-2-6-19-11)8-16-13(18)15-5-1-3-10(15)7-14-16/h1,3,5,7,11H,2,4,6,8-9H2/t11-/m0/s1. The third-order valence-electron chi connectivity index (χ3n) is 3.27. The lowest BCUT2D eigenvalue weighted by molar-refractivity contribution is -0.147. The van der Waals surface area contributed by atoms with Crippen molar-refractivity contribution in [3.8, 4) is 0 Å². The van der Waals surface area contributed by atoms with Crippen molar-refractivity contribution in [2.75, 3.05) is 13.2 Å². The number of nitrogens with zero attached hydrogens (tertiary/aromatic N) is 3. The fraction of sp³-hybridized carbons (Fsp3) is 0.462. The van der Waals surface area contributed by atoms with Crippen LogP contribution in [0.15, 0.2) is 29.3 Å². The summed E-state index contributed by atoms with van der Waals surface area (Å²) in [4.78, 5) is 23.7. The van der Waals surface area contributed by atoms with Crippen LogP contribution in [0.1, 0.15) is 12.8 Å². The minimum absolute atomic E-state index is 0.0180. The molecule has 0 aromatic carbocycles. The molecule has 1 atom stereocenters. The van der Waals surface area contributed by atoms with Crippen LogP contribution in [-0.2, 0) is 20.8 Å². The van der Waals surface area contributed by atoms with Crippen molar-refractivity contribution in [1.29, 1.82) is 0 Å². The molecule has 20 heavy (non-hydrogen) atoms. The number of hydrogen-bond donors (Lipinski definition) is 0. The predicted octanol–water partition coefficient (Wildman–Crippen LogP) is 0.218. The molecule has 1 aliphatic heterocycles. The van der Waals surface area contributed by atoms with Crippen LogP contribution in [0.4, 0.5) is 0 Å². The van der Waals surface area contributed by atoms with Gasteiger partial charge in [-0.25, -0.2) is 9.48 Å². The van der Waals surface area contributed by atoms with E-state index in [-0.39, 0.29) is 24.9 Å². The van der Waals surface area contributed by atoms with Crippen LogP contribution in [0, 0.1) is 0 Å². The first kappa shape index (κ1) is 12.9. The fourth-order valence-electron chi connectivity index (χ4n) is 2.21. The molecular formula is C13H15N3O4. The van der Waals surface area contributed by atoms with Crippen molar-refractivity contribution in [3.63, 3.8) is 0 Å². The van der Waals surface area contributed by atoms with Crippen molar-refractivity contribution in [3.05, 3.63) is 35.0 Å². The number of esters is 1. The van der Waals surface area contributed by atoms with Crippen molar-refractivity contribution >= 4 is 11.5 Å². The largest absolute Gasteiger partial charge is 0.462 e. The maximum atomic E-state index is 12.0. The van der Waals surface area contributed by atoms with Gasteiger partial charge < -0.3 is 9.47 Å². The molecule has 0 bridgehead atoms. The van der Waals surface area contributed by atoms with Gasteiger partial charge in [-0.2, -0.15) is 5.10 Å². The zero-order valence-electron chi connectivity index (χ0n) is 10.9. The Morgan fingerprint density at radius 3 is 3.25 bits per heavy atom. The monoisotopic (exact) mass is 277 g/mol. The van der Waals surface area contributed by atoms with Crippen LogP contribution < -0.4 is 5.69 Å². The summed E-state index contributed by atoms with van der Waals surface area (Å²) in [7, 11) is 0. The Bertz CT molecular complexity index is 670. The van der Waals surface area contributed by atoms with Gasteiger partial charge in [0.1, 0.15) is 13.2 Å². The van der Waals surface area contributed by atoms with Gasteiger partial charge in [0.15, 0.2) is 0 Å². The molecule has 2 aromatic heterocycles. The number of rotatable bonds is 4. The molecule has 3 rings (SSSR count). The van der Waals surface area contributed by atoms with E-state index in [0.717, 1.165) is 17.5 Å². The molecule has 0 saturated carbocycles. The summed E-state index contributed by atoms with van der Waals surface area (Å²) < 4.78 is 13.0. The second-order valence-corrected chi connectivity index (χ2v) is 4.71. The van der Waals surface area contributed by atoms with Gasteiger partial charge in [-0.3, -0.25) is 9.20 Å². The average Bonchev–Trinajstić information content (AvgIpc) is 3.10. The van der Waals surface area contributed by atoms with E-state index < -0.39 is 5.97 Å². The maximum Gasteiger partial charge on any atom is 0.349 e. The number of carbonyl (C=O) groups is 1. The summed E-state index contributed by atoms with van der Waals surface area (Å²) in [6, 6.07) is 3.52. The van der Waals surface area contributed by atoms with Crippen molar-refractivity contribution in [2.45, 2.75) is 25.5 Å².